The van der Waals surface area contributed by atoms with Crippen molar-refractivity contribution in [1.29, 1.82) is 0 Å². The predicted molar refractivity (Wildman–Crippen MR) is 108 cm³/mol. The van der Waals surface area contributed by atoms with Crippen molar-refractivity contribution in [1.82, 2.24) is 9.29 Å². The maximum atomic E-state index is 12.8. The Bertz CT molecular complexity index is 1120. The predicted octanol–water partition coefficient (Wildman–Crippen LogP) is 3.26. The van der Waals surface area contributed by atoms with Gasteiger partial charge in [-0.3, -0.25) is 10.1 Å². The van der Waals surface area contributed by atoms with Gasteiger partial charge in [-0.2, -0.15) is 4.31 Å². The SMILES string of the molecule is CCS(=O)(=O)N1CCc2nc(NC(=O)c3cccc4ccccc34)sc2C1. The lowest BCUT2D eigenvalue weighted by Gasteiger charge is -2.24. The second kappa shape index (κ2) is 7.03. The molecule has 27 heavy (non-hydrogen) atoms. The van der Waals surface area contributed by atoms with Crippen molar-refractivity contribution in [2.45, 2.75) is 19.9 Å². The van der Waals surface area contributed by atoms with Crippen LogP contribution in [0.4, 0.5) is 5.13 Å². The van der Waals surface area contributed by atoms with Crippen LogP contribution in [0.25, 0.3) is 10.8 Å². The molecule has 1 amide bonds. The fourth-order valence-electron chi connectivity index (χ4n) is 3.23. The molecule has 3 aromatic rings. The van der Waals surface area contributed by atoms with Gasteiger partial charge in [-0.15, -0.1) is 11.3 Å². The summed E-state index contributed by atoms with van der Waals surface area (Å²) in [5.74, 6) is -0.123. The summed E-state index contributed by atoms with van der Waals surface area (Å²) < 4.78 is 25.7. The number of fused-ring (bicyclic) bond motifs is 2. The topological polar surface area (TPSA) is 79.4 Å². The van der Waals surface area contributed by atoms with E-state index in [0.29, 0.717) is 30.2 Å². The molecular formula is C19H19N3O3S2. The zero-order chi connectivity index (χ0) is 19.0. The molecule has 6 nitrogen and oxygen atoms in total. The molecule has 1 aromatic heterocycles. The lowest BCUT2D eigenvalue weighted by Crippen LogP contribution is -2.36. The number of anilines is 1. The highest BCUT2D eigenvalue weighted by molar-refractivity contribution is 7.89. The van der Waals surface area contributed by atoms with Crippen molar-refractivity contribution in [2.75, 3.05) is 17.6 Å². The quantitative estimate of drug-likeness (QED) is 0.728. The van der Waals surface area contributed by atoms with Crippen molar-refractivity contribution in [3.63, 3.8) is 0 Å². The highest BCUT2D eigenvalue weighted by atomic mass is 32.2. The summed E-state index contributed by atoms with van der Waals surface area (Å²) in [6.45, 7) is 2.41. The van der Waals surface area contributed by atoms with E-state index in [0.717, 1.165) is 21.3 Å². The number of aromatic nitrogens is 1. The van der Waals surface area contributed by atoms with E-state index in [1.165, 1.54) is 15.6 Å². The Balaban J connectivity index is 1.57. The van der Waals surface area contributed by atoms with E-state index >= 15 is 0 Å². The number of nitrogens with one attached hydrogen (secondary N) is 1. The Kier molecular flexibility index (Phi) is 4.71. The van der Waals surface area contributed by atoms with Crippen molar-refractivity contribution in [3.05, 3.63) is 58.6 Å². The zero-order valence-corrected chi connectivity index (χ0v) is 16.4. The van der Waals surface area contributed by atoms with Gasteiger partial charge in [0.25, 0.3) is 5.91 Å². The third kappa shape index (κ3) is 3.47. The largest absolute Gasteiger partial charge is 0.298 e. The number of carbonyl (C=O) groups excluding carboxylic acids is 1. The van der Waals surface area contributed by atoms with E-state index in [-0.39, 0.29) is 11.7 Å². The molecule has 140 valence electrons. The third-order valence-corrected chi connectivity index (χ3v) is 7.54. The molecule has 1 aliphatic heterocycles. The Morgan fingerprint density at radius 3 is 2.81 bits per heavy atom. The Morgan fingerprint density at radius 2 is 2.00 bits per heavy atom. The van der Waals surface area contributed by atoms with Gasteiger partial charge in [0.2, 0.25) is 10.0 Å². The van der Waals surface area contributed by atoms with Gasteiger partial charge in [0.05, 0.1) is 11.4 Å². The van der Waals surface area contributed by atoms with Crippen LogP contribution >= 0.6 is 11.3 Å². The highest BCUT2D eigenvalue weighted by Gasteiger charge is 2.28. The Hall–Kier alpha value is -2.29. The zero-order valence-electron chi connectivity index (χ0n) is 14.8. The molecule has 0 unspecified atom stereocenters. The molecule has 0 spiro atoms. The molecule has 0 atom stereocenters. The average molecular weight is 402 g/mol. The number of amides is 1. The van der Waals surface area contributed by atoms with E-state index in [1.54, 1.807) is 13.0 Å². The van der Waals surface area contributed by atoms with Gasteiger partial charge >= 0.3 is 0 Å². The van der Waals surface area contributed by atoms with Crippen LogP contribution < -0.4 is 5.32 Å². The second-order valence-electron chi connectivity index (χ2n) is 6.35. The number of thiazole rings is 1. The summed E-state index contributed by atoms with van der Waals surface area (Å²) in [6.07, 6.45) is 0.565. The number of hydrogen-bond acceptors (Lipinski definition) is 5. The summed E-state index contributed by atoms with van der Waals surface area (Å²) >= 11 is 1.34. The summed E-state index contributed by atoms with van der Waals surface area (Å²) in [7, 11) is -3.22. The molecule has 0 bridgehead atoms. The fourth-order valence-corrected chi connectivity index (χ4v) is 5.39. The van der Waals surface area contributed by atoms with Crippen molar-refractivity contribution >= 4 is 43.2 Å². The summed E-state index contributed by atoms with van der Waals surface area (Å²) in [5, 5.41) is 5.28. The molecule has 2 aromatic carbocycles. The molecule has 0 saturated carbocycles. The van der Waals surface area contributed by atoms with E-state index in [1.807, 2.05) is 36.4 Å². The van der Waals surface area contributed by atoms with Gasteiger partial charge in [-0.05, 0) is 23.8 Å². The molecule has 2 heterocycles. The molecule has 8 heteroatoms. The molecule has 4 rings (SSSR count). The number of carbonyl (C=O) groups is 1. The van der Waals surface area contributed by atoms with Gasteiger partial charge in [0.15, 0.2) is 5.13 Å². The first-order chi connectivity index (χ1) is 13.0. The highest BCUT2D eigenvalue weighted by Crippen LogP contribution is 2.30. The summed E-state index contributed by atoms with van der Waals surface area (Å²) in [5.41, 5.74) is 1.47. The third-order valence-electron chi connectivity index (χ3n) is 4.71. The first-order valence-electron chi connectivity index (χ1n) is 8.73. The number of rotatable bonds is 4. The van der Waals surface area contributed by atoms with Crippen molar-refractivity contribution in [3.8, 4) is 0 Å². The Morgan fingerprint density at radius 1 is 1.22 bits per heavy atom. The lowest BCUT2D eigenvalue weighted by molar-refractivity contribution is 0.102. The molecule has 0 fully saturated rings. The number of hydrogen-bond donors (Lipinski definition) is 1. The van der Waals surface area contributed by atoms with E-state index < -0.39 is 10.0 Å². The van der Waals surface area contributed by atoms with Crippen LogP contribution in [0.1, 0.15) is 27.9 Å². The molecule has 1 N–H and O–H groups in total. The van der Waals surface area contributed by atoms with Crippen LogP contribution in [0.15, 0.2) is 42.5 Å². The first kappa shape index (κ1) is 18.1. The van der Waals surface area contributed by atoms with Crippen LogP contribution in [-0.2, 0) is 23.0 Å². The normalized spacial score (nSPS) is 14.9. The van der Waals surface area contributed by atoms with E-state index in [2.05, 4.69) is 10.3 Å². The molecule has 1 aliphatic rings. The molecule has 0 radical (unpaired) electrons. The van der Waals surface area contributed by atoms with Gasteiger partial charge in [0.1, 0.15) is 0 Å². The molecular weight excluding hydrogens is 382 g/mol. The maximum Gasteiger partial charge on any atom is 0.258 e. The lowest BCUT2D eigenvalue weighted by atomic mass is 10.0. The van der Waals surface area contributed by atoms with Crippen molar-refractivity contribution < 1.29 is 13.2 Å². The van der Waals surface area contributed by atoms with Crippen LogP contribution in [0.3, 0.4) is 0 Å². The summed E-state index contributed by atoms with van der Waals surface area (Å²) in [6, 6.07) is 13.4. The molecule has 0 saturated heterocycles. The average Bonchev–Trinajstić information content (AvgIpc) is 3.08. The second-order valence-corrected chi connectivity index (χ2v) is 9.70. The van der Waals surface area contributed by atoms with Crippen LogP contribution in [0.5, 0.6) is 0 Å². The Labute approximate surface area is 161 Å². The minimum atomic E-state index is -3.22. The maximum absolute atomic E-state index is 12.8. The van der Waals surface area contributed by atoms with Gasteiger partial charge < -0.3 is 0 Å². The standard InChI is InChI=1S/C19H19N3O3S2/c1-2-27(24,25)22-11-10-16-17(12-22)26-19(20-16)21-18(23)15-9-5-7-13-6-3-4-8-14(13)15/h3-9H,2,10-12H2,1H3,(H,20,21,23). The van der Waals surface area contributed by atoms with Crippen LogP contribution in [0.2, 0.25) is 0 Å². The van der Waals surface area contributed by atoms with E-state index in [9.17, 15) is 13.2 Å². The van der Waals surface area contributed by atoms with Crippen LogP contribution in [-0.4, -0.2) is 35.9 Å². The van der Waals surface area contributed by atoms with Gasteiger partial charge in [0, 0.05) is 30.0 Å². The minimum Gasteiger partial charge on any atom is -0.298 e. The summed E-state index contributed by atoms with van der Waals surface area (Å²) in [4.78, 5) is 18.2. The van der Waals surface area contributed by atoms with Gasteiger partial charge in [-0.1, -0.05) is 36.4 Å². The minimum absolute atomic E-state index is 0.0891. The first-order valence-corrected chi connectivity index (χ1v) is 11.2. The van der Waals surface area contributed by atoms with Gasteiger partial charge in [-0.25, -0.2) is 13.4 Å². The number of benzene rings is 2. The van der Waals surface area contributed by atoms with E-state index in [4.69, 9.17) is 0 Å². The van der Waals surface area contributed by atoms with Crippen molar-refractivity contribution in [2.24, 2.45) is 0 Å². The smallest absolute Gasteiger partial charge is 0.258 e. The fraction of sp³-hybridized carbons (Fsp3) is 0.263. The number of nitrogens with zero attached hydrogens (tertiary/aromatic N) is 2. The molecule has 0 aliphatic carbocycles. The monoisotopic (exact) mass is 401 g/mol. The number of sulfonamides is 1. The van der Waals surface area contributed by atoms with Crippen LogP contribution in [0, 0.1) is 0 Å².